The number of nitrogens with zero attached hydrogens (tertiary/aromatic N) is 2. The van der Waals surface area contributed by atoms with Crippen molar-refractivity contribution in [2.45, 2.75) is 44.9 Å². The average Bonchev–Trinajstić information content (AvgIpc) is 3.40. The molecule has 2 aromatic rings. The van der Waals surface area contributed by atoms with Crippen molar-refractivity contribution in [3.8, 4) is 11.1 Å². The molecule has 2 amide bonds. The van der Waals surface area contributed by atoms with Gasteiger partial charge in [0.05, 0.1) is 5.41 Å². The normalized spacial score (nSPS) is 22.1. The van der Waals surface area contributed by atoms with Crippen molar-refractivity contribution in [2.24, 2.45) is 17.1 Å². The van der Waals surface area contributed by atoms with E-state index in [1.165, 1.54) is 12.8 Å². The molecule has 5 nitrogen and oxygen atoms in total. The molecule has 2 fully saturated rings. The number of primary amides is 1. The summed E-state index contributed by atoms with van der Waals surface area (Å²) in [5.41, 5.74) is 8.45. The molecule has 152 valence electrons. The van der Waals surface area contributed by atoms with Crippen LogP contribution in [0.5, 0.6) is 0 Å². The number of likely N-dealkylation sites (tertiary alicyclic amines) is 1. The maximum atomic E-state index is 12.8. The number of carbonyl (C=O) groups excluding carboxylic acids is 2. The highest BCUT2D eigenvalue weighted by atomic mass is 16.2. The summed E-state index contributed by atoms with van der Waals surface area (Å²) >= 11 is 0. The van der Waals surface area contributed by atoms with Gasteiger partial charge < -0.3 is 10.6 Å². The van der Waals surface area contributed by atoms with Gasteiger partial charge >= 0.3 is 0 Å². The topological polar surface area (TPSA) is 76.3 Å². The molecule has 29 heavy (non-hydrogen) atoms. The molecule has 4 rings (SSSR count). The number of rotatable bonds is 6. The predicted octanol–water partition coefficient (Wildman–Crippen LogP) is 3.58. The van der Waals surface area contributed by atoms with Crippen molar-refractivity contribution in [3.05, 3.63) is 54.4 Å². The molecule has 2 heterocycles. The van der Waals surface area contributed by atoms with Gasteiger partial charge in [-0.2, -0.15) is 0 Å². The van der Waals surface area contributed by atoms with Crippen LogP contribution in [0.1, 0.15) is 44.1 Å². The van der Waals surface area contributed by atoms with Crippen LogP contribution in [0.25, 0.3) is 11.1 Å². The van der Waals surface area contributed by atoms with E-state index in [9.17, 15) is 9.59 Å². The van der Waals surface area contributed by atoms with Crippen LogP contribution in [-0.2, 0) is 16.0 Å². The van der Waals surface area contributed by atoms with Gasteiger partial charge in [0.15, 0.2) is 0 Å². The maximum absolute atomic E-state index is 12.8. The number of carbonyl (C=O) groups is 2. The Bertz CT molecular complexity index is 877. The monoisotopic (exact) mass is 391 g/mol. The van der Waals surface area contributed by atoms with Crippen molar-refractivity contribution < 1.29 is 9.59 Å². The molecule has 1 atom stereocenters. The van der Waals surface area contributed by atoms with E-state index in [1.807, 2.05) is 29.2 Å². The highest BCUT2D eigenvalue weighted by molar-refractivity contribution is 5.85. The van der Waals surface area contributed by atoms with Crippen LogP contribution in [0.15, 0.2) is 48.8 Å². The summed E-state index contributed by atoms with van der Waals surface area (Å²) in [6, 6.07) is 12.1. The minimum Gasteiger partial charge on any atom is -0.369 e. The summed E-state index contributed by atoms with van der Waals surface area (Å²) in [6.07, 6.45) is 10.1. The smallest absolute Gasteiger partial charge is 0.225 e. The Morgan fingerprint density at radius 2 is 1.83 bits per heavy atom. The molecule has 0 spiro atoms. The zero-order valence-electron chi connectivity index (χ0n) is 16.8. The van der Waals surface area contributed by atoms with Gasteiger partial charge in [0.1, 0.15) is 0 Å². The zero-order valence-corrected chi connectivity index (χ0v) is 16.8. The van der Waals surface area contributed by atoms with Crippen molar-refractivity contribution >= 4 is 11.8 Å². The number of hydrogen-bond acceptors (Lipinski definition) is 3. The van der Waals surface area contributed by atoms with Crippen LogP contribution in [0.2, 0.25) is 0 Å². The molecule has 2 N–H and O–H groups in total. The van der Waals surface area contributed by atoms with Crippen molar-refractivity contribution in [2.75, 3.05) is 13.1 Å². The Morgan fingerprint density at radius 1 is 1.10 bits per heavy atom. The first-order valence-corrected chi connectivity index (χ1v) is 10.6. The van der Waals surface area contributed by atoms with E-state index < -0.39 is 5.41 Å². The van der Waals surface area contributed by atoms with E-state index in [4.69, 9.17) is 5.73 Å². The highest BCUT2D eigenvalue weighted by Gasteiger charge is 2.45. The molecule has 1 aliphatic heterocycles. The van der Waals surface area contributed by atoms with Crippen LogP contribution in [0.4, 0.5) is 0 Å². The van der Waals surface area contributed by atoms with Crippen molar-refractivity contribution in [1.82, 2.24) is 9.88 Å². The lowest BCUT2D eigenvalue weighted by Gasteiger charge is -2.27. The maximum Gasteiger partial charge on any atom is 0.225 e. The van der Waals surface area contributed by atoms with Gasteiger partial charge in [0.2, 0.25) is 11.8 Å². The van der Waals surface area contributed by atoms with Crippen LogP contribution in [0, 0.1) is 11.3 Å². The molecule has 1 aromatic carbocycles. The minimum absolute atomic E-state index is 0.183. The van der Waals surface area contributed by atoms with Crippen molar-refractivity contribution in [3.63, 3.8) is 0 Å². The lowest BCUT2D eigenvalue weighted by molar-refractivity contribution is -0.132. The third-order valence-corrected chi connectivity index (χ3v) is 6.70. The molecule has 1 saturated carbocycles. The molecule has 1 aliphatic carbocycles. The van der Waals surface area contributed by atoms with Gasteiger partial charge in [-0.1, -0.05) is 37.1 Å². The summed E-state index contributed by atoms with van der Waals surface area (Å²) in [5.74, 6) is 0.388. The number of hydrogen-bond donors (Lipinski definition) is 1. The largest absolute Gasteiger partial charge is 0.369 e. The van der Waals surface area contributed by atoms with E-state index in [1.54, 1.807) is 12.4 Å². The Labute approximate surface area is 172 Å². The quantitative estimate of drug-likeness (QED) is 0.818. The third-order valence-electron chi connectivity index (χ3n) is 6.70. The van der Waals surface area contributed by atoms with E-state index in [0.717, 1.165) is 29.5 Å². The first-order valence-electron chi connectivity index (χ1n) is 10.6. The van der Waals surface area contributed by atoms with E-state index in [0.29, 0.717) is 38.3 Å². The first-order chi connectivity index (χ1) is 14.1. The second-order valence-electron chi connectivity index (χ2n) is 8.63. The van der Waals surface area contributed by atoms with Crippen molar-refractivity contribution in [1.29, 1.82) is 0 Å². The van der Waals surface area contributed by atoms with Gasteiger partial charge in [0.25, 0.3) is 0 Å². The molecule has 2 aliphatic rings. The summed E-state index contributed by atoms with van der Waals surface area (Å²) in [4.78, 5) is 31.4. The summed E-state index contributed by atoms with van der Waals surface area (Å²) in [7, 11) is 0. The molecular weight excluding hydrogens is 362 g/mol. The molecule has 0 bridgehead atoms. The van der Waals surface area contributed by atoms with E-state index >= 15 is 0 Å². The average molecular weight is 392 g/mol. The molecule has 1 aromatic heterocycles. The molecular formula is C24H29N3O2. The first kappa shape index (κ1) is 19.6. The fourth-order valence-corrected chi connectivity index (χ4v) is 4.96. The van der Waals surface area contributed by atoms with Gasteiger partial charge in [-0.15, -0.1) is 0 Å². The number of benzene rings is 1. The fraction of sp³-hybridized carbons (Fsp3) is 0.458. The predicted molar refractivity (Wildman–Crippen MR) is 113 cm³/mol. The molecule has 0 radical (unpaired) electrons. The van der Waals surface area contributed by atoms with Gasteiger partial charge in [-0.3, -0.25) is 14.6 Å². The zero-order chi connectivity index (χ0) is 20.3. The highest BCUT2D eigenvalue weighted by Crippen LogP contribution is 2.38. The Morgan fingerprint density at radius 3 is 2.55 bits per heavy atom. The number of amides is 2. The van der Waals surface area contributed by atoms with Crippen LogP contribution >= 0.6 is 0 Å². The Kier molecular flexibility index (Phi) is 5.65. The van der Waals surface area contributed by atoms with Crippen LogP contribution in [-0.4, -0.2) is 34.8 Å². The van der Waals surface area contributed by atoms with Gasteiger partial charge in [-0.25, -0.2) is 0 Å². The van der Waals surface area contributed by atoms with Crippen LogP contribution in [0.3, 0.4) is 0 Å². The second-order valence-corrected chi connectivity index (χ2v) is 8.63. The standard InChI is InChI=1S/C24H29N3O2/c25-23(29)24(11-14-27(17-24)22(28)15-18-5-1-2-6-18)16-20-7-3-4-8-21(20)19-9-12-26-13-10-19/h3-4,7-10,12-13,18H,1-2,5-6,11,14-17H2,(H2,25,29). The van der Waals surface area contributed by atoms with Gasteiger partial charge in [-0.05, 0) is 60.4 Å². The fourth-order valence-electron chi connectivity index (χ4n) is 4.96. The van der Waals surface area contributed by atoms with E-state index in [-0.39, 0.29) is 11.8 Å². The summed E-state index contributed by atoms with van der Waals surface area (Å²) in [5, 5.41) is 0. The lowest BCUT2D eigenvalue weighted by Crippen LogP contribution is -2.42. The minimum atomic E-state index is -0.700. The summed E-state index contributed by atoms with van der Waals surface area (Å²) in [6.45, 7) is 1.05. The second kappa shape index (κ2) is 8.36. The van der Waals surface area contributed by atoms with Crippen LogP contribution < -0.4 is 5.73 Å². The molecule has 1 unspecified atom stereocenters. The Hall–Kier alpha value is -2.69. The number of pyridine rings is 1. The lowest BCUT2D eigenvalue weighted by atomic mass is 9.78. The number of aromatic nitrogens is 1. The van der Waals surface area contributed by atoms with Gasteiger partial charge in [0, 0.05) is 31.9 Å². The molecule has 5 heteroatoms. The van der Waals surface area contributed by atoms with E-state index in [2.05, 4.69) is 17.1 Å². The third kappa shape index (κ3) is 4.19. The molecule has 1 saturated heterocycles. The Balaban J connectivity index is 1.53. The SMILES string of the molecule is NC(=O)C1(Cc2ccccc2-c2ccncc2)CCN(C(=O)CC2CCCC2)C1. The summed E-state index contributed by atoms with van der Waals surface area (Å²) < 4.78 is 0. The number of nitrogens with two attached hydrogens (primary N) is 1.